The van der Waals surface area contributed by atoms with Gasteiger partial charge in [-0.1, -0.05) is 0 Å². The number of ether oxygens (including phenoxy) is 4. The fourth-order valence-electron chi connectivity index (χ4n) is 0.861. The van der Waals surface area contributed by atoms with Crippen LogP contribution in [0, 0.1) is 0 Å². The molecule has 94 valence electrons. The van der Waals surface area contributed by atoms with Crippen LogP contribution in [0.4, 0.5) is 9.59 Å². The second kappa shape index (κ2) is 6.36. The van der Waals surface area contributed by atoms with Crippen LogP contribution in [0.1, 0.15) is 13.8 Å². The third-order valence-electron chi connectivity index (χ3n) is 1.44. The Morgan fingerprint density at radius 3 is 2.35 bits per heavy atom. The molecule has 0 atom stereocenters. The Labute approximate surface area is 96.8 Å². The molecule has 1 heterocycles. The van der Waals surface area contributed by atoms with Crippen LogP contribution in [-0.4, -0.2) is 35.7 Å². The van der Waals surface area contributed by atoms with E-state index in [2.05, 4.69) is 29.1 Å². The summed E-state index contributed by atoms with van der Waals surface area (Å²) in [5.41, 5.74) is 0. The molecule has 0 aliphatic rings. The summed E-state index contributed by atoms with van der Waals surface area (Å²) in [6.07, 6.45) is -1.76. The van der Waals surface area contributed by atoms with Crippen molar-refractivity contribution in [3.63, 3.8) is 0 Å². The monoisotopic (exact) mass is 244 g/mol. The molecule has 17 heavy (non-hydrogen) atoms. The molecule has 1 aromatic heterocycles. The maximum atomic E-state index is 10.9. The summed E-state index contributed by atoms with van der Waals surface area (Å²) in [4.78, 5) is 21.8. The second-order valence-electron chi connectivity index (χ2n) is 2.64. The highest BCUT2D eigenvalue weighted by molar-refractivity contribution is 5.64. The molecule has 0 saturated heterocycles. The van der Waals surface area contributed by atoms with Crippen molar-refractivity contribution in [2.45, 2.75) is 13.8 Å². The van der Waals surface area contributed by atoms with Gasteiger partial charge in [-0.25, -0.2) is 14.7 Å². The van der Waals surface area contributed by atoms with E-state index < -0.39 is 12.3 Å². The lowest BCUT2D eigenvalue weighted by molar-refractivity contribution is 0.102. The molecule has 0 aliphatic heterocycles. The van der Waals surface area contributed by atoms with Crippen LogP contribution in [0.2, 0.25) is 0 Å². The van der Waals surface area contributed by atoms with Crippen molar-refractivity contribution in [2.75, 3.05) is 13.2 Å². The highest BCUT2D eigenvalue weighted by Crippen LogP contribution is 2.15. The number of H-pyrrole nitrogens is 1. The fourth-order valence-corrected chi connectivity index (χ4v) is 0.861. The van der Waals surface area contributed by atoms with Gasteiger partial charge in [0.2, 0.25) is 11.8 Å². The van der Waals surface area contributed by atoms with Gasteiger partial charge in [-0.05, 0) is 13.8 Å². The molecular weight excluding hydrogens is 232 g/mol. The molecule has 8 heteroatoms. The zero-order valence-electron chi connectivity index (χ0n) is 9.39. The minimum absolute atomic E-state index is 0.00254. The Morgan fingerprint density at radius 1 is 1.18 bits per heavy atom. The van der Waals surface area contributed by atoms with Crippen LogP contribution in [-0.2, 0) is 9.47 Å². The van der Waals surface area contributed by atoms with Crippen molar-refractivity contribution in [3.05, 3.63) is 6.07 Å². The highest BCUT2D eigenvalue weighted by atomic mass is 16.7. The summed E-state index contributed by atoms with van der Waals surface area (Å²) in [7, 11) is 0. The van der Waals surface area contributed by atoms with Crippen molar-refractivity contribution in [3.8, 4) is 11.8 Å². The van der Waals surface area contributed by atoms with E-state index in [1.807, 2.05) is 0 Å². The van der Waals surface area contributed by atoms with Crippen LogP contribution in [0.25, 0.3) is 0 Å². The summed E-state index contributed by atoms with van der Waals surface area (Å²) in [5.74, 6) is -0.0644. The lowest BCUT2D eigenvalue weighted by Crippen LogP contribution is -2.10. The first-order valence-corrected chi connectivity index (χ1v) is 4.90. The SMILES string of the molecule is CCOC(=O)Oc1cc(OC(=O)OCC)[nH]n1. The number of hydrogen-bond donors (Lipinski definition) is 1. The van der Waals surface area contributed by atoms with Gasteiger partial charge in [0.1, 0.15) is 0 Å². The van der Waals surface area contributed by atoms with Gasteiger partial charge in [0.25, 0.3) is 0 Å². The maximum absolute atomic E-state index is 10.9. The van der Waals surface area contributed by atoms with Crippen LogP contribution in [0.5, 0.6) is 11.8 Å². The molecule has 0 amide bonds. The minimum Gasteiger partial charge on any atom is -0.434 e. The third-order valence-corrected chi connectivity index (χ3v) is 1.44. The first-order valence-electron chi connectivity index (χ1n) is 4.90. The lowest BCUT2D eigenvalue weighted by Gasteiger charge is -1.99. The summed E-state index contributed by atoms with van der Waals surface area (Å²) in [6, 6.07) is 1.22. The second-order valence-corrected chi connectivity index (χ2v) is 2.64. The predicted molar refractivity (Wildman–Crippen MR) is 53.9 cm³/mol. The molecule has 1 N–H and O–H groups in total. The Morgan fingerprint density at radius 2 is 1.76 bits per heavy atom. The fraction of sp³-hybridized carbons (Fsp3) is 0.444. The molecule has 1 rings (SSSR count). The molecule has 0 aromatic carbocycles. The van der Waals surface area contributed by atoms with E-state index in [1.165, 1.54) is 6.07 Å². The van der Waals surface area contributed by atoms with Crippen molar-refractivity contribution in [2.24, 2.45) is 0 Å². The first kappa shape index (κ1) is 12.8. The molecule has 0 radical (unpaired) electrons. The normalized spacial score (nSPS) is 9.53. The van der Waals surface area contributed by atoms with Gasteiger partial charge in [-0.2, -0.15) is 0 Å². The predicted octanol–water partition coefficient (Wildman–Crippen LogP) is 1.48. The summed E-state index contributed by atoms with van der Waals surface area (Å²) < 4.78 is 18.4. The summed E-state index contributed by atoms with van der Waals surface area (Å²) in [5, 5.41) is 5.91. The van der Waals surface area contributed by atoms with Gasteiger partial charge in [-0.15, -0.1) is 5.10 Å². The average molecular weight is 244 g/mol. The number of rotatable bonds is 4. The minimum atomic E-state index is -0.887. The Balaban J connectivity index is 2.47. The van der Waals surface area contributed by atoms with Crippen LogP contribution in [0.15, 0.2) is 6.07 Å². The number of hydrogen-bond acceptors (Lipinski definition) is 7. The van der Waals surface area contributed by atoms with Crippen LogP contribution in [0.3, 0.4) is 0 Å². The maximum Gasteiger partial charge on any atom is 0.515 e. The Bertz CT molecular complexity index is 354. The van der Waals surface area contributed by atoms with Gasteiger partial charge in [0.15, 0.2) is 0 Å². The average Bonchev–Trinajstić information content (AvgIpc) is 2.66. The molecule has 0 spiro atoms. The van der Waals surface area contributed by atoms with Crippen molar-refractivity contribution < 1.29 is 28.5 Å². The molecule has 1 aromatic rings. The standard InChI is InChI=1S/C9H12N2O6/c1-3-14-8(12)16-6-5-7(11-10-6)17-9(13)15-4-2/h5H,3-4H2,1-2H3,(H,10,11). The lowest BCUT2D eigenvalue weighted by atomic mass is 10.6. The number of carbonyl (C=O) groups excluding carboxylic acids is 2. The Kier molecular flexibility index (Phi) is 4.79. The van der Waals surface area contributed by atoms with Crippen molar-refractivity contribution in [1.82, 2.24) is 10.2 Å². The zero-order valence-corrected chi connectivity index (χ0v) is 9.39. The highest BCUT2D eigenvalue weighted by Gasteiger charge is 2.12. The van der Waals surface area contributed by atoms with E-state index in [1.54, 1.807) is 13.8 Å². The summed E-state index contributed by atoms with van der Waals surface area (Å²) >= 11 is 0. The number of carbonyl (C=O) groups is 2. The molecule has 0 bridgehead atoms. The smallest absolute Gasteiger partial charge is 0.434 e. The third kappa shape index (κ3) is 4.41. The van der Waals surface area contributed by atoms with Gasteiger partial charge in [0, 0.05) is 0 Å². The number of nitrogens with one attached hydrogen (secondary N) is 1. The Hall–Kier alpha value is -2.25. The van der Waals surface area contributed by atoms with Crippen molar-refractivity contribution >= 4 is 12.3 Å². The zero-order chi connectivity index (χ0) is 12.7. The molecule has 8 nitrogen and oxygen atoms in total. The van der Waals surface area contributed by atoms with E-state index in [-0.39, 0.29) is 25.0 Å². The quantitative estimate of drug-likeness (QED) is 0.800. The van der Waals surface area contributed by atoms with Gasteiger partial charge in [-0.3, -0.25) is 0 Å². The first-order chi connectivity index (χ1) is 8.15. The van der Waals surface area contributed by atoms with E-state index in [0.29, 0.717) is 0 Å². The topological polar surface area (TPSA) is 99.7 Å². The van der Waals surface area contributed by atoms with E-state index in [9.17, 15) is 9.59 Å². The molecular formula is C9H12N2O6. The van der Waals surface area contributed by atoms with Crippen LogP contribution >= 0.6 is 0 Å². The van der Waals surface area contributed by atoms with E-state index >= 15 is 0 Å². The van der Waals surface area contributed by atoms with Gasteiger partial charge in [0.05, 0.1) is 19.3 Å². The molecule has 0 aliphatic carbocycles. The van der Waals surface area contributed by atoms with Gasteiger partial charge < -0.3 is 18.9 Å². The molecule has 0 unspecified atom stereocenters. The van der Waals surface area contributed by atoms with Crippen molar-refractivity contribution in [1.29, 1.82) is 0 Å². The largest absolute Gasteiger partial charge is 0.515 e. The number of aromatic amines is 1. The number of aromatic nitrogens is 2. The summed E-state index contributed by atoms with van der Waals surface area (Å²) in [6.45, 7) is 3.67. The van der Waals surface area contributed by atoms with E-state index in [0.717, 1.165) is 0 Å². The van der Waals surface area contributed by atoms with Gasteiger partial charge >= 0.3 is 12.3 Å². The number of nitrogens with zero attached hydrogens (tertiary/aromatic N) is 1. The molecule has 0 saturated carbocycles. The van der Waals surface area contributed by atoms with Crippen LogP contribution < -0.4 is 9.47 Å². The molecule has 0 fully saturated rings. The van der Waals surface area contributed by atoms with E-state index in [4.69, 9.17) is 0 Å².